The summed E-state index contributed by atoms with van der Waals surface area (Å²) >= 11 is 0. The Bertz CT molecular complexity index is 135. The molecule has 0 aliphatic heterocycles. The Morgan fingerprint density at radius 2 is 1.92 bits per heavy atom. The average Bonchev–Trinajstić information content (AvgIpc) is 2.04. The molecule has 1 atom stereocenters. The minimum atomic E-state index is -1.81. The number of hydrogen-bond donors (Lipinski definition) is 0. The van der Waals surface area contributed by atoms with E-state index in [1.54, 1.807) is 14.2 Å². The molecule has 12 heavy (non-hydrogen) atoms. The van der Waals surface area contributed by atoms with Crippen molar-refractivity contribution in [2.75, 3.05) is 14.2 Å². The molecule has 0 aromatic heterocycles. The van der Waals surface area contributed by atoms with Crippen LogP contribution in [0.15, 0.2) is 0 Å². The normalized spacial score (nSPS) is 13.1. The molecule has 0 aromatic rings. The van der Waals surface area contributed by atoms with Gasteiger partial charge < -0.3 is 13.6 Å². The molecule has 0 heterocycles. The van der Waals surface area contributed by atoms with Gasteiger partial charge in [0.1, 0.15) is 5.73 Å². The van der Waals surface area contributed by atoms with E-state index in [0.29, 0.717) is 0 Å². The Kier molecular flexibility index (Phi) is 5.96. The lowest BCUT2D eigenvalue weighted by atomic mass is 10.5. The second-order valence-corrected chi connectivity index (χ2v) is 4.82. The Hall–Kier alpha value is -0.393. The van der Waals surface area contributed by atoms with Crippen molar-refractivity contribution in [3.05, 3.63) is 0 Å². The molecule has 0 spiro atoms. The summed E-state index contributed by atoms with van der Waals surface area (Å²) in [7, 11) is 1.35. The maximum absolute atomic E-state index is 10.6. The third kappa shape index (κ3) is 3.84. The van der Waals surface area contributed by atoms with Crippen LogP contribution in [-0.4, -0.2) is 35.2 Å². The summed E-state index contributed by atoms with van der Waals surface area (Å²) < 4.78 is 15.2. The van der Waals surface area contributed by atoms with Gasteiger partial charge in [-0.1, -0.05) is 6.92 Å². The van der Waals surface area contributed by atoms with Crippen molar-refractivity contribution >= 4 is 15.3 Å². The maximum atomic E-state index is 10.6. The van der Waals surface area contributed by atoms with Gasteiger partial charge in [-0.3, -0.25) is 4.79 Å². The van der Waals surface area contributed by atoms with Crippen molar-refractivity contribution in [1.82, 2.24) is 0 Å². The molecular formula is C7H16O4Si. The SMILES string of the molecule is CCC(OC(C)=O)[SiH](OC)OC. The quantitative estimate of drug-likeness (QED) is 0.466. The molecule has 0 bridgehead atoms. The van der Waals surface area contributed by atoms with Crippen LogP contribution in [0.4, 0.5) is 0 Å². The molecule has 5 heteroatoms. The van der Waals surface area contributed by atoms with E-state index in [1.807, 2.05) is 6.92 Å². The molecule has 0 aliphatic rings. The summed E-state index contributed by atoms with van der Waals surface area (Å²) in [6.07, 6.45) is 0.734. The van der Waals surface area contributed by atoms with E-state index < -0.39 is 9.28 Å². The van der Waals surface area contributed by atoms with Crippen LogP contribution in [0.1, 0.15) is 20.3 Å². The lowest BCUT2D eigenvalue weighted by Crippen LogP contribution is -2.38. The van der Waals surface area contributed by atoms with Gasteiger partial charge in [0.25, 0.3) is 0 Å². The highest BCUT2D eigenvalue weighted by Crippen LogP contribution is 2.04. The zero-order chi connectivity index (χ0) is 9.56. The molecule has 4 nitrogen and oxygen atoms in total. The van der Waals surface area contributed by atoms with Crippen molar-refractivity contribution < 1.29 is 18.4 Å². The second kappa shape index (κ2) is 6.16. The van der Waals surface area contributed by atoms with Gasteiger partial charge in [-0.05, 0) is 6.42 Å². The van der Waals surface area contributed by atoms with Crippen LogP contribution in [0.5, 0.6) is 0 Å². The van der Waals surface area contributed by atoms with Gasteiger partial charge in [0.15, 0.2) is 0 Å². The fourth-order valence-corrected chi connectivity index (χ4v) is 2.43. The van der Waals surface area contributed by atoms with Crippen molar-refractivity contribution in [2.24, 2.45) is 0 Å². The smallest absolute Gasteiger partial charge is 0.363 e. The fourth-order valence-electron chi connectivity index (χ4n) is 0.944. The molecule has 1 unspecified atom stereocenters. The van der Waals surface area contributed by atoms with E-state index in [9.17, 15) is 4.79 Å². The Morgan fingerprint density at radius 3 is 2.17 bits per heavy atom. The summed E-state index contributed by atoms with van der Waals surface area (Å²) in [5.41, 5.74) is -0.183. The van der Waals surface area contributed by atoms with Crippen LogP contribution in [0.25, 0.3) is 0 Å². The number of rotatable bonds is 5. The van der Waals surface area contributed by atoms with Crippen LogP contribution in [0, 0.1) is 0 Å². The molecule has 0 amide bonds. The van der Waals surface area contributed by atoms with Crippen LogP contribution in [0.3, 0.4) is 0 Å². The highest BCUT2D eigenvalue weighted by Gasteiger charge is 2.25. The number of hydrogen-bond acceptors (Lipinski definition) is 4. The Balaban J connectivity index is 4.01. The molecule has 0 aromatic carbocycles. The number of esters is 1. The first-order chi connectivity index (χ1) is 5.65. The summed E-state index contributed by atoms with van der Waals surface area (Å²) in [6, 6.07) is 0. The molecule has 0 saturated heterocycles. The van der Waals surface area contributed by atoms with Gasteiger partial charge in [0.2, 0.25) is 0 Å². The minimum Gasteiger partial charge on any atom is -0.461 e. The average molecular weight is 192 g/mol. The topological polar surface area (TPSA) is 44.8 Å². The predicted molar refractivity (Wildman–Crippen MR) is 47.0 cm³/mol. The predicted octanol–water partition coefficient (Wildman–Crippen LogP) is 0.381. The van der Waals surface area contributed by atoms with Gasteiger partial charge in [0.05, 0.1) is 0 Å². The van der Waals surface area contributed by atoms with Gasteiger partial charge in [-0.15, -0.1) is 0 Å². The number of carbonyl (C=O) groups excluding carboxylic acids is 1. The lowest BCUT2D eigenvalue weighted by molar-refractivity contribution is -0.144. The van der Waals surface area contributed by atoms with Crippen LogP contribution in [0.2, 0.25) is 0 Å². The lowest BCUT2D eigenvalue weighted by Gasteiger charge is -2.20. The van der Waals surface area contributed by atoms with E-state index in [0.717, 1.165) is 6.42 Å². The first kappa shape index (κ1) is 11.6. The minimum absolute atomic E-state index is 0.183. The molecule has 72 valence electrons. The van der Waals surface area contributed by atoms with Crippen molar-refractivity contribution in [1.29, 1.82) is 0 Å². The van der Waals surface area contributed by atoms with E-state index in [4.69, 9.17) is 13.6 Å². The van der Waals surface area contributed by atoms with Crippen LogP contribution >= 0.6 is 0 Å². The summed E-state index contributed by atoms with van der Waals surface area (Å²) in [5.74, 6) is -0.284. The van der Waals surface area contributed by atoms with Crippen molar-refractivity contribution in [3.63, 3.8) is 0 Å². The van der Waals surface area contributed by atoms with Crippen LogP contribution < -0.4 is 0 Å². The van der Waals surface area contributed by atoms with E-state index in [-0.39, 0.29) is 11.7 Å². The number of carbonyl (C=O) groups is 1. The van der Waals surface area contributed by atoms with Gasteiger partial charge in [-0.2, -0.15) is 0 Å². The summed E-state index contributed by atoms with van der Waals surface area (Å²) in [5, 5.41) is 0. The highest BCUT2D eigenvalue weighted by molar-refractivity contribution is 6.46. The van der Waals surface area contributed by atoms with Crippen LogP contribution in [-0.2, 0) is 18.4 Å². The van der Waals surface area contributed by atoms with Gasteiger partial charge in [-0.25, -0.2) is 0 Å². The van der Waals surface area contributed by atoms with E-state index >= 15 is 0 Å². The fraction of sp³-hybridized carbons (Fsp3) is 0.857. The Labute approximate surface area is 74.7 Å². The largest absolute Gasteiger partial charge is 0.461 e. The van der Waals surface area contributed by atoms with Gasteiger partial charge >= 0.3 is 15.3 Å². The second-order valence-electron chi connectivity index (χ2n) is 2.40. The van der Waals surface area contributed by atoms with E-state index in [1.165, 1.54) is 6.92 Å². The van der Waals surface area contributed by atoms with Gasteiger partial charge in [0, 0.05) is 21.1 Å². The zero-order valence-electron chi connectivity index (χ0n) is 7.99. The summed E-state index contributed by atoms with van der Waals surface area (Å²) in [4.78, 5) is 10.6. The summed E-state index contributed by atoms with van der Waals surface area (Å²) in [6.45, 7) is 3.32. The first-order valence-corrected chi connectivity index (χ1v) is 5.49. The highest BCUT2D eigenvalue weighted by atomic mass is 28.3. The number of ether oxygens (including phenoxy) is 1. The third-order valence-corrected chi connectivity index (χ3v) is 3.63. The Morgan fingerprint density at radius 1 is 1.42 bits per heavy atom. The molecule has 0 radical (unpaired) electrons. The molecular weight excluding hydrogens is 176 g/mol. The monoisotopic (exact) mass is 192 g/mol. The molecule has 0 N–H and O–H groups in total. The molecule has 0 saturated carbocycles. The van der Waals surface area contributed by atoms with Crippen molar-refractivity contribution in [3.8, 4) is 0 Å². The molecule has 0 aliphatic carbocycles. The zero-order valence-corrected chi connectivity index (χ0v) is 9.15. The molecule has 0 rings (SSSR count). The maximum Gasteiger partial charge on any atom is 0.363 e. The standard InChI is InChI=1S/C7H16O4Si/c1-5-7(11-6(2)8)12(9-3)10-4/h7,12H,5H2,1-4H3. The van der Waals surface area contributed by atoms with E-state index in [2.05, 4.69) is 0 Å². The first-order valence-electron chi connectivity index (χ1n) is 3.88. The van der Waals surface area contributed by atoms with Crippen molar-refractivity contribution in [2.45, 2.75) is 26.0 Å². The molecule has 0 fully saturated rings. The third-order valence-electron chi connectivity index (χ3n) is 1.49.